The zero-order valence-electron chi connectivity index (χ0n) is 17.6. The molecule has 0 saturated carbocycles. The Balaban J connectivity index is 1.81. The van der Waals surface area contributed by atoms with Crippen LogP contribution in [0, 0.1) is 5.82 Å². The van der Waals surface area contributed by atoms with Gasteiger partial charge in [-0.1, -0.05) is 12.1 Å². The van der Waals surface area contributed by atoms with Crippen molar-refractivity contribution >= 4 is 0 Å². The van der Waals surface area contributed by atoms with Gasteiger partial charge in [-0.2, -0.15) is 0 Å². The zero-order chi connectivity index (χ0) is 21.1. The Hall–Kier alpha value is -2.99. The van der Waals surface area contributed by atoms with E-state index in [0.29, 0.717) is 23.8 Å². The van der Waals surface area contributed by atoms with Gasteiger partial charge in [0.25, 0.3) is 0 Å². The van der Waals surface area contributed by atoms with Crippen LogP contribution in [0.3, 0.4) is 0 Å². The highest BCUT2D eigenvalue weighted by molar-refractivity contribution is 5.55. The lowest BCUT2D eigenvalue weighted by Gasteiger charge is -2.31. The molecule has 0 bridgehead atoms. The van der Waals surface area contributed by atoms with Gasteiger partial charge in [-0.15, -0.1) is 0 Å². The number of fused-ring (bicyclic) bond motifs is 1. The topological polar surface area (TPSA) is 35.9 Å². The van der Waals surface area contributed by atoms with Crippen molar-refractivity contribution in [1.29, 1.82) is 0 Å². The standard InChI is InChI=1S/C24H27FN2O3/c1-28-21-14-18(15-22(29-2)24(21)30-3)23-20-6-4-11-26(20)12-5-13-27(23)16-17-7-9-19(25)10-8-17/h4,6-11,14-15,23H,5,12-13,16H2,1-3H3. The summed E-state index contributed by atoms with van der Waals surface area (Å²) in [6.07, 6.45) is 3.16. The van der Waals surface area contributed by atoms with Gasteiger partial charge < -0.3 is 18.8 Å². The van der Waals surface area contributed by atoms with Gasteiger partial charge in [0.2, 0.25) is 5.75 Å². The molecule has 1 atom stereocenters. The van der Waals surface area contributed by atoms with Crippen molar-refractivity contribution in [2.24, 2.45) is 0 Å². The Bertz CT molecular complexity index is 975. The normalized spacial score (nSPS) is 16.6. The Morgan fingerprint density at radius 3 is 2.27 bits per heavy atom. The van der Waals surface area contributed by atoms with Gasteiger partial charge in [-0.3, -0.25) is 4.90 Å². The van der Waals surface area contributed by atoms with Crippen LogP contribution < -0.4 is 14.2 Å². The number of benzene rings is 2. The van der Waals surface area contributed by atoms with Gasteiger partial charge in [0.1, 0.15) is 5.82 Å². The molecule has 1 aliphatic heterocycles. The molecule has 5 nitrogen and oxygen atoms in total. The van der Waals surface area contributed by atoms with Crippen molar-refractivity contribution in [1.82, 2.24) is 9.47 Å². The van der Waals surface area contributed by atoms with Crippen LogP contribution in [0.2, 0.25) is 0 Å². The van der Waals surface area contributed by atoms with Gasteiger partial charge in [-0.25, -0.2) is 4.39 Å². The van der Waals surface area contributed by atoms with Crippen molar-refractivity contribution < 1.29 is 18.6 Å². The fraction of sp³-hybridized carbons (Fsp3) is 0.333. The van der Waals surface area contributed by atoms with E-state index in [0.717, 1.165) is 30.6 Å². The van der Waals surface area contributed by atoms with Gasteiger partial charge in [0.05, 0.1) is 27.4 Å². The first-order valence-electron chi connectivity index (χ1n) is 10.1. The van der Waals surface area contributed by atoms with Crippen LogP contribution in [0.4, 0.5) is 4.39 Å². The second kappa shape index (κ2) is 8.79. The number of halogens is 1. The lowest BCUT2D eigenvalue weighted by atomic mass is 9.99. The number of hydrogen-bond donors (Lipinski definition) is 0. The molecule has 3 aromatic rings. The van der Waals surface area contributed by atoms with Gasteiger partial charge in [0, 0.05) is 31.5 Å². The monoisotopic (exact) mass is 410 g/mol. The zero-order valence-corrected chi connectivity index (χ0v) is 17.6. The minimum Gasteiger partial charge on any atom is -0.493 e. The Morgan fingerprint density at radius 1 is 0.933 bits per heavy atom. The van der Waals surface area contributed by atoms with Crippen LogP contribution in [0.1, 0.15) is 29.3 Å². The molecule has 0 saturated heterocycles. The second-order valence-corrected chi connectivity index (χ2v) is 7.44. The molecule has 4 rings (SSSR count). The molecule has 6 heteroatoms. The molecule has 1 aromatic heterocycles. The average molecular weight is 410 g/mol. The molecule has 0 fully saturated rings. The number of aromatic nitrogens is 1. The molecule has 0 amide bonds. The molecule has 30 heavy (non-hydrogen) atoms. The van der Waals surface area contributed by atoms with Crippen LogP contribution in [0.5, 0.6) is 17.2 Å². The van der Waals surface area contributed by atoms with Gasteiger partial charge in [-0.05, 0) is 53.9 Å². The van der Waals surface area contributed by atoms with Gasteiger partial charge >= 0.3 is 0 Å². The first-order valence-corrected chi connectivity index (χ1v) is 10.1. The molecule has 0 radical (unpaired) electrons. The maximum atomic E-state index is 13.4. The van der Waals surface area contributed by atoms with Crippen LogP contribution >= 0.6 is 0 Å². The third kappa shape index (κ3) is 3.87. The number of rotatable bonds is 6. The Kier molecular flexibility index (Phi) is 5.95. The summed E-state index contributed by atoms with van der Waals surface area (Å²) in [4.78, 5) is 2.42. The predicted octanol–water partition coefficient (Wildman–Crippen LogP) is 4.65. The minimum atomic E-state index is -0.218. The van der Waals surface area contributed by atoms with E-state index in [1.807, 2.05) is 24.3 Å². The molecular formula is C24H27FN2O3. The average Bonchev–Trinajstić information content (AvgIpc) is 3.15. The van der Waals surface area contributed by atoms with Crippen LogP contribution in [-0.2, 0) is 13.1 Å². The second-order valence-electron chi connectivity index (χ2n) is 7.44. The summed E-state index contributed by atoms with van der Waals surface area (Å²) in [5, 5.41) is 0. The first-order chi connectivity index (χ1) is 14.6. The number of methoxy groups -OCH3 is 3. The largest absolute Gasteiger partial charge is 0.493 e. The number of aryl methyl sites for hydroxylation is 1. The molecule has 1 unspecified atom stereocenters. The lowest BCUT2D eigenvalue weighted by Crippen LogP contribution is -2.29. The number of ether oxygens (including phenoxy) is 3. The van der Waals surface area contributed by atoms with Crippen LogP contribution in [-0.4, -0.2) is 37.3 Å². The minimum absolute atomic E-state index is 0.00117. The summed E-state index contributed by atoms with van der Waals surface area (Å²) in [7, 11) is 4.87. The van der Waals surface area contributed by atoms with Crippen molar-refractivity contribution in [2.45, 2.75) is 25.6 Å². The molecule has 0 N–H and O–H groups in total. The molecule has 2 aromatic carbocycles. The van der Waals surface area contributed by atoms with Crippen LogP contribution in [0.15, 0.2) is 54.7 Å². The highest BCUT2D eigenvalue weighted by Gasteiger charge is 2.29. The van der Waals surface area contributed by atoms with E-state index in [9.17, 15) is 4.39 Å². The third-order valence-corrected chi connectivity index (χ3v) is 5.66. The summed E-state index contributed by atoms with van der Waals surface area (Å²) in [5.41, 5.74) is 3.35. The van der Waals surface area contributed by atoms with Crippen molar-refractivity contribution in [3.63, 3.8) is 0 Å². The lowest BCUT2D eigenvalue weighted by molar-refractivity contribution is 0.219. The highest BCUT2D eigenvalue weighted by Crippen LogP contribution is 2.43. The maximum Gasteiger partial charge on any atom is 0.203 e. The molecule has 0 spiro atoms. The molecular weight excluding hydrogens is 383 g/mol. The van der Waals surface area contributed by atoms with Gasteiger partial charge in [0.15, 0.2) is 11.5 Å². The fourth-order valence-corrected chi connectivity index (χ4v) is 4.27. The van der Waals surface area contributed by atoms with E-state index in [-0.39, 0.29) is 11.9 Å². The Labute approximate surface area is 176 Å². The maximum absolute atomic E-state index is 13.4. The summed E-state index contributed by atoms with van der Waals surface area (Å²) >= 11 is 0. The fourth-order valence-electron chi connectivity index (χ4n) is 4.27. The van der Waals surface area contributed by atoms with Crippen LogP contribution in [0.25, 0.3) is 0 Å². The van der Waals surface area contributed by atoms with E-state index in [4.69, 9.17) is 14.2 Å². The number of nitrogens with zero attached hydrogens (tertiary/aromatic N) is 2. The molecule has 1 aliphatic rings. The quantitative estimate of drug-likeness (QED) is 0.593. The van der Waals surface area contributed by atoms with Crippen molar-refractivity contribution in [3.8, 4) is 17.2 Å². The number of hydrogen-bond acceptors (Lipinski definition) is 4. The Morgan fingerprint density at radius 2 is 1.63 bits per heavy atom. The summed E-state index contributed by atoms with van der Waals surface area (Å²) in [5.74, 6) is 1.63. The van der Waals surface area contributed by atoms with E-state index in [1.54, 1.807) is 21.3 Å². The predicted molar refractivity (Wildman–Crippen MR) is 114 cm³/mol. The summed E-state index contributed by atoms with van der Waals surface area (Å²) < 4.78 is 32.4. The van der Waals surface area contributed by atoms with E-state index in [2.05, 4.69) is 27.8 Å². The first kappa shape index (κ1) is 20.3. The summed E-state index contributed by atoms with van der Waals surface area (Å²) in [6, 6.07) is 15.0. The molecule has 158 valence electrons. The SMILES string of the molecule is COc1cc(C2c3cccn3CCCN2Cc2ccc(F)cc2)cc(OC)c1OC. The van der Waals surface area contributed by atoms with E-state index < -0.39 is 0 Å². The van der Waals surface area contributed by atoms with Crippen molar-refractivity contribution in [2.75, 3.05) is 27.9 Å². The molecule has 0 aliphatic carbocycles. The third-order valence-electron chi connectivity index (χ3n) is 5.66. The van der Waals surface area contributed by atoms with E-state index in [1.165, 1.54) is 17.8 Å². The van der Waals surface area contributed by atoms with Crippen molar-refractivity contribution in [3.05, 3.63) is 77.4 Å². The van der Waals surface area contributed by atoms with E-state index >= 15 is 0 Å². The smallest absolute Gasteiger partial charge is 0.203 e. The summed E-state index contributed by atoms with van der Waals surface area (Å²) in [6.45, 7) is 2.59. The highest BCUT2D eigenvalue weighted by atomic mass is 19.1. The molecule has 2 heterocycles.